The van der Waals surface area contributed by atoms with Crippen LogP contribution in [0.2, 0.25) is 0 Å². The van der Waals surface area contributed by atoms with Crippen molar-refractivity contribution in [1.82, 2.24) is 15.1 Å². The molecule has 1 heterocycles. The molecule has 112 valence electrons. The summed E-state index contributed by atoms with van der Waals surface area (Å²) >= 11 is 0. The van der Waals surface area contributed by atoms with Crippen molar-refractivity contribution in [3.63, 3.8) is 0 Å². The second kappa shape index (κ2) is 8.09. The van der Waals surface area contributed by atoms with Crippen LogP contribution in [-0.2, 0) is 6.54 Å². The zero-order valence-electron chi connectivity index (χ0n) is 12.4. The van der Waals surface area contributed by atoms with Crippen LogP contribution in [0.4, 0.5) is 10.6 Å². The fraction of sp³-hybridized carbons (Fsp3) is 0.375. The van der Waals surface area contributed by atoms with Gasteiger partial charge in [0.25, 0.3) is 0 Å². The monoisotopic (exact) mass is 286 g/mol. The summed E-state index contributed by atoms with van der Waals surface area (Å²) in [5, 5.41) is 9.90. The Morgan fingerprint density at radius 1 is 1.19 bits per heavy atom. The van der Waals surface area contributed by atoms with Gasteiger partial charge in [-0.3, -0.25) is 10.00 Å². The lowest BCUT2D eigenvalue weighted by molar-refractivity contribution is 0.252. The van der Waals surface area contributed by atoms with Gasteiger partial charge in [0.1, 0.15) is 0 Å². The minimum Gasteiger partial charge on any atom is -0.338 e. The van der Waals surface area contributed by atoms with Crippen LogP contribution in [0.15, 0.2) is 42.6 Å². The number of benzene rings is 1. The molecule has 2 N–H and O–H groups in total. The maximum Gasteiger partial charge on any atom is 0.320 e. The van der Waals surface area contributed by atoms with E-state index in [1.807, 2.05) is 29.1 Å². The smallest absolute Gasteiger partial charge is 0.320 e. The van der Waals surface area contributed by atoms with E-state index in [-0.39, 0.29) is 6.03 Å². The van der Waals surface area contributed by atoms with Crippen molar-refractivity contribution in [3.8, 4) is 0 Å². The van der Waals surface area contributed by atoms with E-state index in [4.69, 9.17) is 0 Å². The quantitative estimate of drug-likeness (QED) is 0.768. The number of unbranched alkanes of at least 4 members (excludes halogenated alkanes) is 2. The molecular weight excluding hydrogens is 264 g/mol. The van der Waals surface area contributed by atoms with Crippen LogP contribution in [0.5, 0.6) is 0 Å². The first-order valence-corrected chi connectivity index (χ1v) is 7.40. The van der Waals surface area contributed by atoms with E-state index >= 15 is 0 Å². The van der Waals surface area contributed by atoms with Crippen molar-refractivity contribution in [3.05, 3.63) is 48.2 Å². The lowest BCUT2D eigenvalue weighted by Gasteiger charge is -2.05. The van der Waals surface area contributed by atoms with Gasteiger partial charge < -0.3 is 5.32 Å². The lowest BCUT2D eigenvalue weighted by atomic mass is 10.2. The minimum absolute atomic E-state index is 0.198. The molecule has 0 fully saturated rings. The van der Waals surface area contributed by atoms with Crippen molar-refractivity contribution in [2.75, 3.05) is 11.9 Å². The minimum atomic E-state index is -0.198. The van der Waals surface area contributed by atoms with E-state index in [2.05, 4.69) is 34.8 Å². The second-order valence-electron chi connectivity index (χ2n) is 4.97. The number of nitrogens with one attached hydrogen (secondary N) is 2. The van der Waals surface area contributed by atoms with Crippen molar-refractivity contribution in [2.24, 2.45) is 0 Å². The molecule has 1 aromatic heterocycles. The molecule has 5 heteroatoms. The topological polar surface area (TPSA) is 59.0 Å². The average molecular weight is 286 g/mol. The van der Waals surface area contributed by atoms with E-state index in [1.165, 1.54) is 5.56 Å². The van der Waals surface area contributed by atoms with Gasteiger partial charge in [0.15, 0.2) is 5.82 Å². The van der Waals surface area contributed by atoms with Gasteiger partial charge in [-0.25, -0.2) is 4.79 Å². The highest BCUT2D eigenvalue weighted by Gasteiger charge is 2.04. The molecule has 0 saturated carbocycles. The number of carbonyl (C=O) groups is 1. The number of aromatic nitrogens is 2. The molecule has 2 rings (SSSR count). The van der Waals surface area contributed by atoms with Crippen LogP contribution >= 0.6 is 0 Å². The fourth-order valence-electron chi connectivity index (χ4n) is 2.02. The zero-order valence-corrected chi connectivity index (χ0v) is 12.4. The average Bonchev–Trinajstić information content (AvgIpc) is 2.92. The predicted molar refractivity (Wildman–Crippen MR) is 84.3 cm³/mol. The van der Waals surface area contributed by atoms with E-state index in [0.717, 1.165) is 19.3 Å². The summed E-state index contributed by atoms with van der Waals surface area (Å²) in [6, 6.07) is 11.7. The molecule has 0 aliphatic rings. The summed E-state index contributed by atoms with van der Waals surface area (Å²) in [6.07, 6.45) is 5.14. The first-order chi connectivity index (χ1) is 10.3. The summed E-state index contributed by atoms with van der Waals surface area (Å²) in [6.45, 7) is 3.53. The molecule has 1 aromatic carbocycles. The normalized spacial score (nSPS) is 10.3. The predicted octanol–water partition coefficient (Wildman–Crippen LogP) is 3.24. The van der Waals surface area contributed by atoms with E-state index in [1.54, 1.807) is 6.07 Å². The molecule has 0 saturated heterocycles. The number of carbonyl (C=O) groups excluding carboxylic acids is 1. The number of rotatable bonds is 7. The van der Waals surface area contributed by atoms with Crippen LogP contribution in [-0.4, -0.2) is 22.4 Å². The van der Waals surface area contributed by atoms with Gasteiger partial charge in [-0.15, -0.1) is 0 Å². The Hall–Kier alpha value is -2.30. The van der Waals surface area contributed by atoms with Gasteiger partial charge in [-0.05, 0) is 12.0 Å². The molecule has 0 aliphatic heterocycles. The molecule has 2 amide bonds. The van der Waals surface area contributed by atoms with Crippen LogP contribution < -0.4 is 10.6 Å². The van der Waals surface area contributed by atoms with Gasteiger partial charge in [-0.2, -0.15) is 5.10 Å². The highest BCUT2D eigenvalue weighted by Crippen LogP contribution is 2.06. The zero-order chi connectivity index (χ0) is 14.9. The van der Waals surface area contributed by atoms with E-state index in [9.17, 15) is 4.79 Å². The van der Waals surface area contributed by atoms with E-state index in [0.29, 0.717) is 18.9 Å². The third-order valence-corrected chi connectivity index (χ3v) is 3.14. The number of anilines is 1. The Morgan fingerprint density at radius 3 is 2.76 bits per heavy atom. The standard InChI is InChI=1S/C16H22N4O/c1-2-3-7-11-17-16(21)18-15-10-12-20(19-15)13-14-8-5-4-6-9-14/h4-6,8-10,12H,2-3,7,11,13H2,1H3,(H2,17,18,19,21). The molecule has 0 spiro atoms. The van der Waals surface area contributed by atoms with Crippen LogP contribution in [0, 0.1) is 0 Å². The second-order valence-corrected chi connectivity index (χ2v) is 4.97. The van der Waals surface area contributed by atoms with Gasteiger partial charge in [-0.1, -0.05) is 50.1 Å². The molecule has 0 unspecified atom stereocenters. The maximum absolute atomic E-state index is 11.7. The highest BCUT2D eigenvalue weighted by atomic mass is 16.2. The van der Waals surface area contributed by atoms with Crippen LogP contribution in [0.25, 0.3) is 0 Å². The summed E-state index contributed by atoms with van der Waals surface area (Å²) in [4.78, 5) is 11.7. The van der Waals surface area contributed by atoms with Crippen molar-refractivity contribution in [1.29, 1.82) is 0 Å². The largest absolute Gasteiger partial charge is 0.338 e. The van der Waals surface area contributed by atoms with Crippen molar-refractivity contribution in [2.45, 2.75) is 32.7 Å². The van der Waals surface area contributed by atoms with Crippen LogP contribution in [0.1, 0.15) is 31.7 Å². The molecule has 2 aromatic rings. The van der Waals surface area contributed by atoms with Gasteiger partial charge in [0.05, 0.1) is 6.54 Å². The Labute approximate surface area is 125 Å². The summed E-state index contributed by atoms with van der Waals surface area (Å²) in [5.74, 6) is 0.568. The first-order valence-electron chi connectivity index (χ1n) is 7.40. The van der Waals surface area contributed by atoms with Gasteiger partial charge in [0.2, 0.25) is 0 Å². The summed E-state index contributed by atoms with van der Waals surface area (Å²) in [7, 11) is 0. The van der Waals surface area contributed by atoms with Crippen LogP contribution in [0.3, 0.4) is 0 Å². The SMILES string of the molecule is CCCCCNC(=O)Nc1ccn(Cc2ccccc2)n1. The Bertz CT molecular complexity index is 550. The van der Waals surface area contributed by atoms with Crippen molar-refractivity contribution >= 4 is 11.8 Å². The molecule has 0 radical (unpaired) electrons. The molecule has 0 bridgehead atoms. The Morgan fingerprint density at radius 2 is 2.00 bits per heavy atom. The molecular formula is C16H22N4O. The number of amides is 2. The third-order valence-electron chi connectivity index (χ3n) is 3.14. The summed E-state index contributed by atoms with van der Waals surface area (Å²) < 4.78 is 1.81. The Kier molecular flexibility index (Phi) is 5.82. The number of nitrogens with zero attached hydrogens (tertiary/aromatic N) is 2. The molecule has 0 aliphatic carbocycles. The highest BCUT2D eigenvalue weighted by molar-refractivity contribution is 5.88. The van der Waals surface area contributed by atoms with Gasteiger partial charge >= 0.3 is 6.03 Å². The number of hydrogen-bond acceptors (Lipinski definition) is 2. The van der Waals surface area contributed by atoms with Gasteiger partial charge in [0, 0.05) is 18.8 Å². The number of urea groups is 1. The lowest BCUT2D eigenvalue weighted by Crippen LogP contribution is -2.29. The molecule has 21 heavy (non-hydrogen) atoms. The first kappa shape index (κ1) is 15.1. The number of hydrogen-bond donors (Lipinski definition) is 2. The fourth-order valence-corrected chi connectivity index (χ4v) is 2.02. The molecule has 5 nitrogen and oxygen atoms in total. The summed E-state index contributed by atoms with van der Waals surface area (Å²) in [5.41, 5.74) is 1.18. The molecule has 0 atom stereocenters. The Balaban J connectivity index is 1.79. The van der Waals surface area contributed by atoms with E-state index < -0.39 is 0 Å². The third kappa shape index (κ3) is 5.30. The van der Waals surface area contributed by atoms with Crippen molar-refractivity contribution < 1.29 is 4.79 Å². The maximum atomic E-state index is 11.7.